The Kier molecular flexibility index (Phi) is 4.95. The Morgan fingerprint density at radius 2 is 1.94 bits per heavy atom. The predicted octanol–water partition coefficient (Wildman–Crippen LogP) is 2.95. The molecule has 2 aromatic heterocycles. The molecule has 1 aliphatic heterocycles. The quantitative estimate of drug-likeness (QED) is 0.550. The maximum atomic E-state index is 13.4. The molecule has 0 bridgehead atoms. The van der Waals surface area contributed by atoms with Crippen LogP contribution in [0.5, 0.6) is 0 Å². The second-order valence-electron chi connectivity index (χ2n) is 9.53. The van der Waals surface area contributed by atoms with Crippen LogP contribution in [0.25, 0.3) is 11.0 Å². The highest BCUT2D eigenvalue weighted by Gasteiger charge is 2.56. The Hall–Kier alpha value is -3.26. The maximum Gasteiger partial charge on any atom is 0.245 e. The lowest BCUT2D eigenvalue weighted by atomic mass is 10.1. The minimum atomic E-state index is -0.481. The molecule has 8 nitrogen and oxygen atoms in total. The van der Waals surface area contributed by atoms with E-state index >= 15 is 0 Å². The third-order valence-corrected chi connectivity index (χ3v) is 7.59. The zero-order valence-corrected chi connectivity index (χ0v) is 19.4. The number of hydrogen-bond acceptors (Lipinski definition) is 5. The van der Waals surface area contributed by atoms with Crippen molar-refractivity contribution in [1.29, 1.82) is 0 Å². The van der Waals surface area contributed by atoms with Gasteiger partial charge in [0.2, 0.25) is 11.8 Å². The van der Waals surface area contributed by atoms with Crippen molar-refractivity contribution in [1.82, 2.24) is 25.0 Å². The fourth-order valence-electron chi connectivity index (χ4n) is 5.39. The Bertz CT molecular complexity index is 1340. The van der Waals surface area contributed by atoms with Crippen molar-refractivity contribution in [3.8, 4) is 0 Å². The number of rotatable bonds is 6. The maximum absolute atomic E-state index is 13.4. The van der Waals surface area contributed by atoms with Crippen molar-refractivity contribution in [3.63, 3.8) is 0 Å². The van der Waals surface area contributed by atoms with Gasteiger partial charge in [-0.1, -0.05) is 29.8 Å². The number of aromatic nitrogens is 3. The Balaban J connectivity index is 1.17. The predicted molar refractivity (Wildman–Crippen MR) is 125 cm³/mol. The van der Waals surface area contributed by atoms with E-state index in [-0.39, 0.29) is 42.1 Å². The molecule has 3 aliphatic rings. The molecule has 2 amide bonds. The highest BCUT2D eigenvalue weighted by Crippen LogP contribution is 2.49. The van der Waals surface area contributed by atoms with Gasteiger partial charge in [0.1, 0.15) is 18.3 Å². The Labute approximate surface area is 201 Å². The number of carbonyl (C=O) groups is 3. The molecule has 3 fully saturated rings. The lowest BCUT2D eigenvalue weighted by Crippen LogP contribution is -2.49. The number of nitrogens with zero attached hydrogens (tertiary/aromatic N) is 4. The first-order valence-electron chi connectivity index (χ1n) is 11.6. The number of nitrogens with one attached hydrogen (secondary N) is 1. The summed E-state index contributed by atoms with van der Waals surface area (Å²) in [6, 6.07) is 10.9. The third-order valence-electron chi connectivity index (χ3n) is 7.24. The van der Waals surface area contributed by atoms with Crippen molar-refractivity contribution in [2.45, 2.75) is 56.8 Å². The topological polar surface area (TPSA) is 97.2 Å². The summed E-state index contributed by atoms with van der Waals surface area (Å²) in [5.41, 5.74) is 1.85. The van der Waals surface area contributed by atoms with Gasteiger partial charge >= 0.3 is 0 Å². The first kappa shape index (κ1) is 21.3. The minimum absolute atomic E-state index is 0.0404. The summed E-state index contributed by atoms with van der Waals surface area (Å²) in [7, 11) is 0. The van der Waals surface area contributed by atoms with Crippen LogP contribution < -0.4 is 5.32 Å². The van der Waals surface area contributed by atoms with Crippen LogP contribution in [-0.2, 0) is 16.1 Å². The number of fused-ring (bicyclic) bond motifs is 2. The van der Waals surface area contributed by atoms with Gasteiger partial charge in [-0.05, 0) is 48.9 Å². The monoisotopic (exact) mass is 477 g/mol. The molecular weight excluding hydrogens is 454 g/mol. The summed E-state index contributed by atoms with van der Waals surface area (Å²) >= 11 is 6.32. The number of benzene rings is 1. The number of Topliss-reactive ketones (excluding diaryl/α,β-unsaturated/α-hetero) is 1. The number of pyridine rings is 1. The van der Waals surface area contributed by atoms with Crippen LogP contribution >= 0.6 is 11.6 Å². The van der Waals surface area contributed by atoms with Crippen LogP contribution in [0.1, 0.15) is 48.2 Å². The molecule has 0 unspecified atom stereocenters. The lowest BCUT2D eigenvalue weighted by molar-refractivity contribution is -0.140. The van der Waals surface area contributed by atoms with Crippen molar-refractivity contribution in [3.05, 3.63) is 58.9 Å². The molecular formula is C25H24ClN5O3. The fourth-order valence-corrected chi connectivity index (χ4v) is 5.67. The van der Waals surface area contributed by atoms with E-state index in [4.69, 9.17) is 11.6 Å². The molecule has 174 valence electrons. The van der Waals surface area contributed by atoms with Crippen LogP contribution in [0.3, 0.4) is 0 Å². The summed E-state index contributed by atoms with van der Waals surface area (Å²) in [5.74, 6) is 0.131. The van der Waals surface area contributed by atoms with Crippen molar-refractivity contribution >= 4 is 40.2 Å². The number of carbonyl (C=O) groups excluding carboxylic acids is 3. The molecule has 0 radical (unpaired) electrons. The van der Waals surface area contributed by atoms with E-state index in [1.54, 1.807) is 23.2 Å². The van der Waals surface area contributed by atoms with Crippen molar-refractivity contribution < 1.29 is 14.4 Å². The molecule has 2 saturated carbocycles. The van der Waals surface area contributed by atoms with Gasteiger partial charge in [0.15, 0.2) is 11.4 Å². The molecule has 3 heterocycles. The third kappa shape index (κ3) is 3.57. The molecule has 5 atom stereocenters. The average molecular weight is 478 g/mol. The van der Waals surface area contributed by atoms with Gasteiger partial charge in [-0.25, -0.2) is 9.67 Å². The number of amides is 2. The number of likely N-dealkylation sites (tertiary alicyclic amines) is 1. The smallest absolute Gasteiger partial charge is 0.245 e. The molecule has 6 rings (SSSR count). The zero-order chi connectivity index (χ0) is 23.6. The number of hydrogen-bond donors (Lipinski definition) is 1. The zero-order valence-electron chi connectivity index (χ0n) is 18.6. The van der Waals surface area contributed by atoms with Crippen LogP contribution in [0.15, 0.2) is 42.6 Å². The van der Waals surface area contributed by atoms with Gasteiger partial charge < -0.3 is 10.2 Å². The average Bonchev–Trinajstić information content (AvgIpc) is 3.69. The van der Waals surface area contributed by atoms with Gasteiger partial charge in [-0.2, -0.15) is 5.10 Å². The number of ketones is 1. The van der Waals surface area contributed by atoms with Crippen LogP contribution in [0.4, 0.5) is 0 Å². The SMILES string of the molecule is CC(=O)c1nn(CC(=O)N2[C@H](C(=O)N[C@@H]3C[C@H]3c3ccccc3Cl)C[C@@H]3C[C@@H]32)c2ncccc12. The molecule has 1 saturated heterocycles. The molecule has 2 aliphatic carbocycles. The summed E-state index contributed by atoms with van der Waals surface area (Å²) in [5, 5.41) is 8.85. The van der Waals surface area contributed by atoms with E-state index in [1.807, 2.05) is 24.3 Å². The van der Waals surface area contributed by atoms with Crippen LogP contribution in [0.2, 0.25) is 5.02 Å². The molecule has 3 aromatic rings. The van der Waals surface area contributed by atoms with E-state index in [9.17, 15) is 14.4 Å². The van der Waals surface area contributed by atoms with Gasteiger partial charge in [0, 0.05) is 36.1 Å². The summed E-state index contributed by atoms with van der Waals surface area (Å²) in [6.45, 7) is 1.39. The number of piperidine rings is 1. The highest BCUT2D eigenvalue weighted by molar-refractivity contribution is 6.31. The summed E-state index contributed by atoms with van der Waals surface area (Å²) < 4.78 is 1.48. The summed E-state index contributed by atoms with van der Waals surface area (Å²) in [6.07, 6.45) is 4.07. The van der Waals surface area contributed by atoms with E-state index in [0.717, 1.165) is 18.4 Å². The lowest BCUT2D eigenvalue weighted by Gasteiger charge is -2.27. The summed E-state index contributed by atoms with van der Waals surface area (Å²) in [4.78, 5) is 44.6. The molecule has 1 N–H and O–H groups in total. The van der Waals surface area contributed by atoms with E-state index in [1.165, 1.54) is 11.6 Å². The molecule has 34 heavy (non-hydrogen) atoms. The fraction of sp³-hybridized carbons (Fsp3) is 0.400. The van der Waals surface area contributed by atoms with Gasteiger partial charge in [-0.15, -0.1) is 0 Å². The van der Waals surface area contributed by atoms with E-state index in [0.29, 0.717) is 34.1 Å². The van der Waals surface area contributed by atoms with Crippen LogP contribution in [0, 0.1) is 5.92 Å². The standard InChI is InChI=1S/C25H24ClN5O3/c1-13(32)23-16-6-4-8-27-24(16)30(29-23)12-22(33)31-20-9-14(20)10-21(31)25(34)28-19-11-17(19)15-5-2-3-7-18(15)26/h2-8,14,17,19-21H,9-12H2,1H3,(H,28,34)/t14-,17-,19+,20-,21-/m0/s1. The second-order valence-corrected chi connectivity index (χ2v) is 9.94. The van der Waals surface area contributed by atoms with Crippen LogP contribution in [-0.4, -0.2) is 55.4 Å². The van der Waals surface area contributed by atoms with Gasteiger partial charge in [0.25, 0.3) is 0 Å². The largest absolute Gasteiger partial charge is 0.351 e. The minimum Gasteiger partial charge on any atom is -0.351 e. The second kappa shape index (κ2) is 7.91. The van der Waals surface area contributed by atoms with E-state index < -0.39 is 6.04 Å². The normalized spacial score (nSPS) is 26.9. The van der Waals surface area contributed by atoms with E-state index in [2.05, 4.69) is 15.4 Å². The molecule has 9 heteroatoms. The van der Waals surface area contributed by atoms with Gasteiger partial charge in [0.05, 0.1) is 5.39 Å². The molecule has 0 spiro atoms. The highest BCUT2D eigenvalue weighted by atomic mass is 35.5. The van der Waals surface area contributed by atoms with Crippen molar-refractivity contribution in [2.75, 3.05) is 0 Å². The van der Waals surface area contributed by atoms with Crippen molar-refractivity contribution in [2.24, 2.45) is 5.92 Å². The number of halogens is 1. The first-order chi connectivity index (χ1) is 16.4. The Morgan fingerprint density at radius 3 is 2.74 bits per heavy atom. The molecule has 1 aromatic carbocycles. The first-order valence-corrected chi connectivity index (χ1v) is 12.0. The van der Waals surface area contributed by atoms with Gasteiger partial charge in [-0.3, -0.25) is 14.4 Å². The Morgan fingerprint density at radius 1 is 1.12 bits per heavy atom.